The van der Waals surface area contributed by atoms with Gasteiger partial charge in [-0.2, -0.15) is 0 Å². The largest absolute Gasteiger partial charge is 0.478 e. The summed E-state index contributed by atoms with van der Waals surface area (Å²) in [6.45, 7) is 10.4. The summed E-state index contributed by atoms with van der Waals surface area (Å²) in [5.41, 5.74) is 0.973. The fraction of sp³-hybridized carbons (Fsp3) is 0.714. The van der Waals surface area contributed by atoms with Gasteiger partial charge < -0.3 is 14.8 Å². The zero-order chi connectivity index (χ0) is 14.2. The van der Waals surface area contributed by atoms with E-state index in [1.807, 2.05) is 13.8 Å². The molecule has 1 aliphatic rings. The fourth-order valence-corrected chi connectivity index (χ4v) is 2.23. The van der Waals surface area contributed by atoms with Crippen LogP contribution in [0.2, 0.25) is 0 Å². The van der Waals surface area contributed by atoms with Crippen LogP contribution in [-0.4, -0.2) is 60.9 Å². The SMILES string of the molecule is CCOc1ncnc(NCCCN2CCOCC2)c1C. The smallest absolute Gasteiger partial charge is 0.221 e. The van der Waals surface area contributed by atoms with Crippen LogP contribution in [0.25, 0.3) is 0 Å². The highest BCUT2D eigenvalue weighted by atomic mass is 16.5. The molecule has 0 amide bonds. The van der Waals surface area contributed by atoms with E-state index >= 15 is 0 Å². The molecule has 2 heterocycles. The third kappa shape index (κ3) is 4.31. The third-order valence-electron chi connectivity index (χ3n) is 3.37. The lowest BCUT2D eigenvalue weighted by Gasteiger charge is -2.26. The van der Waals surface area contributed by atoms with Crippen LogP contribution in [0.5, 0.6) is 5.88 Å². The molecule has 1 aromatic rings. The molecular formula is C14H24N4O2. The minimum atomic E-state index is 0.619. The fourth-order valence-electron chi connectivity index (χ4n) is 2.23. The van der Waals surface area contributed by atoms with Crippen LogP contribution in [-0.2, 0) is 4.74 Å². The summed E-state index contributed by atoms with van der Waals surface area (Å²) >= 11 is 0. The van der Waals surface area contributed by atoms with Gasteiger partial charge in [0.15, 0.2) is 0 Å². The first-order valence-corrected chi connectivity index (χ1v) is 7.29. The molecule has 0 unspecified atom stereocenters. The number of ether oxygens (including phenoxy) is 2. The number of morpholine rings is 1. The van der Waals surface area contributed by atoms with Crippen molar-refractivity contribution in [2.24, 2.45) is 0 Å². The Morgan fingerprint density at radius 2 is 2.15 bits per heavy atom. The molecule has 1 aliphatic heterocycles. The highest BCUT2D eigenvalue weighted by Crippen LogP contribution is 2.20. The molecule has 20 heavy (non-hydrogen) atoms. The van der Waals surface area contributed by atoms with Crippen molar-refractivity contribution < 1.29 is 9.47 Å². The van der Waals surface area contributed by atoms with E-state index in [2.05, 4.69) is 20.2 Å². The predicted molar refractivity (Wildman–Crippen MR) is 78.3 cm³/mol. The Kier molecular flexibility index (Phi) is 6.01. The van der Waals surface area contributed by atoms with Crippen molar-refractivity contribution in [1.29, 1.82) is 0 Å². The zero-order valence-corrected chi connectivity index (χ0v) is 12.4. The minimum absolute atomic E-state index is 0.619. The molecule has 112 valence electrons. The van der Waals surface area contributed by atoms with Crippen molar-refractivity contribution >= 4 is 5.82 Å². The van der Waals surface area contributed by atoms with E-state index in [1.165, 1.54) is 0 Å². The summed E-state index contributed by atoms with van der Waals surface area (Å²) < 4.78 is 10.8. The number of anilines is 1. The van der Waals surface area contributed by atoms with E-state index in [0.29, 0.717) is 12.5 Å². The molecule has 2 rings (SSSR count). The molecule has 0 saturated carbocycles. The topological polar surface area (TPSA) is 59.5 Å². The second-order valence-electron chi connectivity index (χ2n) is 4.82. The molecule has 0 bridgehead atoms. The molecule has 6 nitrogen and oxygen atoms in total. The summed E-state index contributed by atoms with van der Waals surface area (Å²) in [6, 6.07) is 0. The van der Waals surface area contributed by atoms with Gasteiger partial charge in [0.25, 0.3) is 0 Å². The van der Waals surface area contributed by atoms with Gasteiger partial charge in [-0.3, -0.25) is 4.90 Å². The second kappa shape index (κ2) is 8.01. The summed E-state index contributed by atoms with van der Waals surface area (Å²) in [4.78, 5) is 10.8. The maximum atomic E-state index is 5.47. The third-order valence-corrected chi connectivity index (χ3v) is 3.37. The Bertz CT molecular complexity index is 408. The number of nitrogens with one attached hydrogen (secondary N) is 1. The number of rotatable bonds is 7. The Labute approximate surface area is 120 Å². The first kappa shape index (κ1) is 15.0. The number of hydrogen-bond acceptors (Lipinski definition) is 6. The molecule has 0 radical (unpaired) electrons. The lowest BCUT2D eigenvalue weighted by molar-refractivity contribution is 0.0378. The van der Waals surface area contributed by atoms with Crippen LogP contribution in [0, 0.1) is 6.92 Å². The molecule has 6 heteroatoms. The van der Waals surface area contributed by atoms with Gasteiger partial charge in [-0.1, -0.05) is 0 Å². The number of aromatic nitrogens is 2. The van der Waals surface area contributed by atoms with E-state index in [4.69, 9.17) is 9.47 Å². The highest BCUT2D eigenvalue weighted by Gasteiger charge is 2.10. The quantitative estimate of drug-likeness (QED) is 0.760. The maximum absolute atomic E-state index is 5.47. The Balaban J connectivity index is 1.74. The van der Waals surface area contributed by atoms with Gasteiger partial charge in [-0.25, -0.2) is 9.97 Å². The van der Waals surface area contributed by atoms with Crippen LogP contribution in [0.3, 0.4) is 0 Å². The number of hydrogen-bond donors (Lipinski definition) is 1. The molecular weight excluding hydrogens is 256 g/mol. The first-order valence-electron chi connectivity index (χ1n) is 7.29. The van der Waals surface area contributed by atoms with Crippen molar-refractivity contribution in [3.63, 3.8) is 0 Å². The van der Waals surface area contributed by atoms with E-state index in [-0.39, 0.29) is 0 Å². The van der Waals surface area contributed by atoms with Crippen molar-refractivity contribution in [1.82, 2.24) is 14.9 Å². The number of nitrogens with zero attached hydrogens (tertiary/aromatic N) is 3. The summed E-state index contributed by atoms with van der Waals surface area (Å²) in [7, 11) is 0. The summed E-state index contributed by atoms with van der Waals surface area (Å²) in [5, 5.41) is 3.36. The van der Waals surface area contributed by atoms with Crippen LogP contribution in [0.1, 0.15) is 18.9 Å². The predicted octanol–water partition coefficient (Wildman–Crippen LogP) is 1.32. The molecule has 1 saturated heterocycles. The van der Waals surface area contributed by atoms with E-state index in [1.54, 1.807) is 6.33 Å². The molecule has 0 spiro atoms. The van der Waals surface area contributed by atoms with Gasteiger partial charge in [-0.05, 0) is 26.8 Å². The average molecular weight is 280 g/mol. The van der Waals surface area contributed by atoms with Gasteiger partial charge in [0.1, 0.15) is 12.1 Å². The normalized spacial score (nSPS) is 16.1. The lowest BCUT2D eigenvalue weighted by atomic mass is 10.3. The Morgan fingerprint density at radius 3 is 2.90 bits per heavy atom. The van der Waals surface area contributed by atoms with E-state index < -0.39 is 0 Å². The maximum Gasteiger partial charge on any atom is 0.221 e. The van der Waals surface area contributed by atoms with Crippen LogP contribution < -0.4 is 10.1 Å². The molecule has 1 N–H and O–H groups in total. The molecule has 0 aromatic carbocycles. The van der Waals surface area contributed by atoms with Gasteiger partial charge in [0, 0.05) is 19.6 Å². The Hall–Kier alpha value is -1.40. The van der Waals surface area contributed by atoms with Crippen LogP contribution >= 0.6 is 0 Å². The second-order valence-corrected chi connectivity index (χ2v) is 4.82. The van der Waals surface area contributed by atoms with Crippen molar-refractivity contribution in [3.05, 3.63) is 11.9 Å². The monoisotopic (exact) mass is 280 g/mol. The van der Waals surface area contributed by atoms with Crippen LogP contribution in [0.4, 0.5) is 5.82 Å². The van der Waals surface area contributed by atoms with Crippen LogP contribution in [0.15, 0.2) is 6.33 Å². The van der Waals surface area contributed by atoms with E-state index in [9.17, 15) is 0 Å². The first-order chi connectivity index (χ1) is 9.81. The minimum Gasteiger partial charge on any atom is -0.478 e. The zero-order valence-electron chi connectivity index (χ0n) is 12.4. The Morgan fingerprint density at radius 1 is 1.35 bits per heavy atom. The lowest BCUT2D eigenvalue weighted by Crippen LogP contribution is -2.37. The average Bonchev–Trinajstić information content (AvgIpc) is 2.48. The van der Waals surface area contributed by atoms with Gasteiger partial charge in [0.05, 0.1) is 25.4 Å². The molecule has 0 aliphatic carbocycles. The van der Waals surface area contributed by atoms with Crippen molar-refractivity contribution in [2.45, 2.75) is 20.3 Å². The summed E-state index contributed by atoms with van der Waals surface area (Å²) in [6.07, 6.45) is 2.63. The van der Waals surface area contributed by atoms with Gasteiger partial charge in [-0.15, -0.1) is 0 Å². The van der Waals surface area contributed by atoms with Crippen molar-refractivity contribution in [3.8, 4) is 5.88 Å². The van der Waals surface area contributed by atoms with Gasteiger partial charge in [0.2, 0.25) is 5.88 Å². The standard InChI is InChI=1S/C14H24N4O2/c1-3-20-14-12(2)13(16-11-17-14)15-5-4-6-18-7-9-19-10-8-18/h11H,3-10H2,1-2H3,(H,15,16,17). The van der Waals surface area contributed by atoms with Crippen molar-refractivity contribution in [2.75, 3.05) is 51.3 Å². The highest BCUT2D eigenvalue weighted by molar-refractivity contribution is 5.47. The molecule has 1 aromatic heterocycles. The molecule has 0 atom stereocenters. The van der Waals surface area contributed by atoms with Gasteiger partial charge >= 0.3 is 0 Å². The summed E-state index contributed by atoms with van der Waals surface area (Å²) in [5.74, 6) is 1.53. The molecule has 1 fully saturated rings. The van der Waals surface area contributed by atoms with E-state index in [0.717, 1.165) is 57.2 Å².